The Hall–Kier alpha value is -1.05. The predicted molar refractivity (Wildman–Crippen MR) is 89.0 cm³/mol. The van der Waals surface area contributed by atoms with E-state index in [1.165, 1.54) is 0 Å². The van der Waals surface area contributed by atoms with Crippen LogP contribution in [0.3, 0.4) is 0 Å². The molecule has 1 aliphatic heterocycles. The Bertz CT molecular complexity index is 688. The number of halogens is 1. The van der Waals surface area contributed by atoms with E-state index in [0.29, 0.717) is 25.0 Å². The Balaban J connectivity index is 2.03. The summed E-state index contributed by atoms with van der Waals surface area (Å²) in [4.78, 5) is 15.6. The minimum Gasteiger partial charge on any atom is -0.378 e. The van der Waals surface area contributed by atoms with Crippen molar-refractivity contribution in [2.45, 2.75) is 6.16 Å². The predicted octanol–water partition coefficient (Wildman–Crippen LogP) is 1.96. The zero-order chi connectivity index (χ0) is 16.4. The van der Waals surface area contributed by atoms with Gasteiger partial charge in [-0.05, 0) is 11.6 Å². The lowest BCUT2D eigenvalue weighted by molar-refractivity contribution is 0.122. The molecule has 0 spiro atoms. The molecule has 0 saturated carbocycles. The first-order valence-electron chi connectivity index (χ1n) is 7.21. The number of nitrogens with zero attached hydrogens (tertiary/aromatic N) is 5. The summed E-state index contributed by atoms with van der Waals surface area (Å²) in [6, 6.07) is 0. The molecule has 23 heavy (non-hydrogen) atoms. The van der Waals surface area contributed by atoms with Gasteiger partial charge in [-0.15, -0.1) is 0 Å². The van der Waals surface area contributed by atoms with Crippen LogP contribution in [0.5, 0.6) is 0 Å². The third-order valence-corrected chi connectivity index (χ3v) is 5.28. The maximum absolute atomic E-state index is 6.12. The van der Waals surface area contributed by atoms with E-state index in [-0.39, 0.29) is 5.28 Å². The largest absolute Gasteiger partial charge is 0.378 e. The van der Waals surface area contributed by atoms with Crippen LogP contribution in [-0.2, 0) is 27.0 Å². The standard InChI is InChI=1S/C13H19ClN5O3P/c1-18-9(8-23(20-2)21-3)15-10-11(18)16-13(14)17-12(10)19-4-6-22-7-5-19/h4-8H2,1-3H3. The molecule has 8 nitrogen and oxygen atoms in total. The number of rotatable bonds is 5. The molecule has 1 fully saturated rings. The van der Waals surface area contributed by atoms with E-state index >= 15 is 0 Å². The second-order valence-corrected chi connectivity index (χ2v) is 7.08. The van der Waals surface area contributed by atoms with Crippen molar-refractivity contribution >= 4 is 37.0 Å². The highest BCUT2D eigenvalue weighted by atomic mass is 35.5. The van der Waals surface area contributed by atoms with Crippen LogP contribution < -0.4 is 4.90 Å². The van der Waals surface area contributed by atoms with Gasteiger partial charge in [0.05, 0.1) is 19.4 Å². The summed E-state index contributed by atoms with van der Waals surface area (Å²) in [6.07, 6.45) is 0.579. The molecule has 0 bridgehead atoms. The topological polar surface area (TPSA) is 74.5 Å². The molecular formula is C13H19ClN5O3P. The first-order chi connectivity index (χ1) is 11.1. The average Bonchev–Trinajstić information content (AvgIpc) is 2.89. The zero-order valence-corrected chi connectivity index (χ0v) is 15.0. The van der Waals surface area contributed by atoms with E-state index in [1.807, 2.05) is 11.6 Å². The summed E-state index contributed by atoms with van der Waals surface area (Å²) in [5.41, 5.74) is 1.46. The zero-order valence-electron chi connectivity index (χ0n) is 13.3. The van der Waals surface area contributed by atoms with E-state index in [9.17, 15) is 0 Å². The smallest absolute Gasteiger partial charge is 0.226 e. The van der Waals surface area contributed by atoms with E-state index in [0.717, 1.165) is 30.2 Å². The molecule has 2 aromatic heterocycles. The lowest BCUT2D eigenvalue weighted by atomic mass is 10.4. The van der Waals surface area contributed by atoms with Gasteiger partial charge in [-0.3, -0.25) is 0 Å². The molecule has 10 heteroatoms. The van der Waals surface area contributed by atoms with Crippen molar-refractivity contribution in [2.24, 2.45) is 7.05 Å². The van der Waals surface area contributed by atoms with Crippen molar-refractivity contribution in [2.75, 3.05) is 45.4 Å². The Kier molecular flexibility index (Phi) is 5.28. The summed E-state index contributed by atoms with van der Waals surface area (Å²) in [5.74, 6) is 1.59. The normalized spacial score (nSPS) is 15.8. The van der Waals surface area contributed by atoms with Crippen LogP contribution >= 0.6 is 20.0 Å². The monoisotopic (exact) mass is 359 g/mol. The molecular weight excluding hydrogens is 341 g/mol. The van der Waals surface area contributed by atoms with E-state index < -0.39 is 8.38 Å². The number of hydrogen-bond acceptors (Lipinski definition) is 7. The van der Waals surface area contributed by atoms with Crippen LogP contribution in [0.1, 0.15) is 5.82 Å². The van der Waals surface area contributed by atoms with Crippen molar-refractivity contribution in [3.8, 4) is 0 Å². The van der Waals surface area contributed by atoms with Crippen LogP contribution in [0.4, 0.5) is 5.82 Å². The maximum atomic E-state index is 6.12. The molecule has 1 aliphatic rings. The molecule has 0 unspecified atom stereocenters. The molecule has 0 atom stereocenters. The molecule has 2 aromatic rings. The third-order valence-electron chi connectivity index (χ3n) is 3.75. The number of hydrogen-bond donors (Lipinski definition) is 0. The number of fused-ring (bicyclic) bond motifs is 1. The Morgan fingerprint density at radius 3 is 2.52 bits per heavy atom. The molecule has 3 heterocycles. The van der Waals surface area contributed by atoms with Gasteiger partial charge in [-0.2, -0.15) is 9.97 Å². The number of morpholine rings is 1. The Morgan fingerprint density at radius 1 is 1.17 bits per heavy atom. The molecule has 1 saturated heterocycles. The van der Waals surface area contributed by atoms with E-state index in [4.69, 9.17) is 30.4 Å². The van der Waals surface area contributed by atoms with E-state index in [1.54, 1.807) is 14.2 Å². The molecule has 0 aliphatic carbocycles. The van der Waals surface area contributed by atoms with Crippen molar-refractivity contribution in [3.05, 3.63) is 11.1 Å². The summed E-state index contributed by atoms with van der Waals surface area (Å²) in [6.45, 7) is 2.86. The van der Waals surface area contributed by atoms with Gasteiger partial charge >= 0.3 is 0 Å². The molecule has 0 N–H and O–H groups in total. The van der Waals surface area contributed by atoms with Crippen molar-refractivity contribution in [1.82, 2.24) is 19.5 Å². The van der Waals surface area contributed by atoms with Gasteiger partial charge in [0, 0.05) is 34.4 Å². The van der Waals surface area contributed by atoms with Gasteiger partial charge in [0.25, 0.3) is 0 Å². The second kappa shape index (κ2) is 7.23. The van der Waals surface area contributed by atoms with Crippen LogP contribution in [-0.4, -0.2) is 60.0 Å². The van der Waals surface area contributed by atoms with E-state index in [2.05, 4.69) is 14.9 Å². The van der Waals surface area contributed by atoms with Gasteiger partial charge in [0.2, 0.25) is 5.28 Å². The lowest BCUT2D eigenvalue weighted by Crippen LogP contribution is -2.37. The van der Waals surface area contributed by atoms with Crippen molar-refractivity contribution in [3.63, 3.8) is 0 Å². The molecule has 0 aromatic carbocycles. The summed E-state index contributed by atoms with van der Waals surface area (Å²) in [7, 11) is 4.16. The molecule has 0 radical (unpaired) electrons. The minimum atomic E-state index is -1.02. The highest BCUT2D eigenvalue weighted by molar-refractivity contribution is 7.46. The molecule has 3 rings (SSSR count). The van der Waals surface area contributed by atoms with Gasteiger partial charge in [-0.1, -0.05) is 0 Å². The highest BCUT2D eigenvalue weighted by Gasteiger charge is 2.23. The molecule has 126 valence electrons. The quantitative estimate of drug-likeness (QED) is 0.596. The fourth-order valence-corrected chi connectivity index (χ4v) is 3.60. The maximum Gasteiger partial charge on any atom is 0.226 e. The van der Waals surface area contributed by atoms with Gasteiger partial charge in [-0.25, -0.2) is 4.98 Å². The van der Waals surface area contributed by atoms with Gasteiger partial charge in [0.15, 0.2) is 25.4 Å². The lowest BCUT2D eigenvalue weighted by Gasteiger charge is -2.27. The second-order valence-electron chi connectivity index (χ2n) is 5.03. The number of anilines is 1. The Labute approximate surface area is 140 Å². The summed E-state index contributed by atoms with van der Waals surface area (Å²) >= 11 is 6.12. The van der Waals surface area contributed by atoms with Gasteiger partial charge in [0.1, 0.15) is 5.82 Å². The Morgan fingerprint density at radius 2 is 1.87 bits per heavy atom. The number of ether oxygens (including phenoxy) is 1. The number of aryl methyl sites for hydroxylation is 1. The van der Waals surface area contributed by atoms with Crippen LogP contribution in [0.15, 0.2) is 0 Å². The molecule has 0 amide bonds. The first-order valence-corrected chi connectivity index (χ1v) is 8.95. The van der Waals surface area contributed by atoms with Crippen LogP contribution in [0.25, 0.3) is 11.2 Å². The first kappa shape index (κ1) is 16.8. The summed E-state index contributed by atoms with van der Waals surface area (Å²) < 4.78 is 18.0. The van der Waals surface area contributed by atoms with Gasteiger partial charge < -0.3 is 23.3 Å². The van der Waals surface area contributed by atoms with Crippen LogP contribution in [0.2, 0.25) is 5.28 Å². The number of aromatic nitrogens is 4. The minimum absolute atomic E-state index is 0.217. The third kappa shape index (κ3) is 3.41. The SMILES string of the molecule is COP(Cc1nc2c(N3CCOCC3)nc(Cl)nc2n1C)OC. The fourth-order valence-electron chi connectivity index (χ4n) is 2.52. The number of imidazole rings is 1. The average molecular weight is 360 g/mol. The van der Waals surface area contributed by atoms with Crippen LogP contribution in [0, 0.1) is 0 Å². The van der Waals surface area contributed by atoms with Crippen molar-refractivity contribution < 1.29 is 13.8 Å². The fraction of sp³-hybridized carbons (Fsp3) is 0.615. The summed E-state index contributed by atoms with van der Waals surface area (Å²) in [5, 5.41) is 0.217. The van der Waals surface area contributed by atoms with Crippen molar-refractivity contribution in [1.29, 1.82) is 0 Å². The highest BCUT2D eigenvalue weighted by Crippen LogP contribution is 2.40.